The van der Waals surface area contributed by atoms with Crippen molar-refractivity contribution in [3.63, 3.8) is 0 Å². The van der Waals surface area contributed by atoms with Crippen LogP contribution in [0.15, 0.2) is 18.2 Å². The molecule has 0 saturated heterocycles. The Kier molecular flexibility index (Phi) is 5.44. The lowest BCUT2D eigenvalue weighted by Gasteiger charge is -2.13. The fourth-order valence-corrected chi connectivity index (χ4v) is 1.77. The smallest absolute Gasteiger partial charge is 0.274 e. The van der Waals surface area contributed by atoms with Crippen molar-refractivity contribution in [1.82, 2.24) is 0 Å². The SMILES string of the molecule is Cc1c(NC(=O)C(C)CCCN)cccc1[N+](=O)[O-]. The minimum Gasteiger partial charge on any atom is -0.330 e. The third-order valence-electron chi connectivity index (χ3n) is 3.05. The lowest BCUT2D eigenvalue weighted by atomic mass is 10.0. The van der Waals surface area contributed by atoms with Gasteiger partial charge in [-0.2, -0.15) is 0 Å². The average molecular weight is 265 g/mol. The van der Waals surface area contributed by atoms with Gasteiger partial charge in [-0.1, -0.05) is 13.0 Å². The zero-order valence-corrected chi connectivity index (χ0v) is 11.2. The molecule has 19 heavy (non-hydrogen) atoms. The highest BCUT2D eigenvalue weighted by Gasteiger charge is 2.17. The molecule has 0 aliphatic rings. The molecule has 0 aromatic heterocycles. The standard InChI is InChI=1S/C13H19N3O3/c1-9(5-4-8-14)13(17)15-11-6-3-7-12(10(11)2)16(18)19/h3,6-7,9H,4-5,8,14H2,1-2H3,(H,15,17). The normalized spacial score (nSPS) is 11.9. The molecule has 1 rings (SSSR count). The van der Waals surface area contributed by atoms with Crippen LogP contribution in [0.2, 0.25) is 0 Å². The summed E-state index contributed by atoms with van der Waals surface area (Å²) in [6.45, 7) is 3.99. The number of carbonyl (C=O) groups excluding carboxylic acids is 1. The highest BCUT2D eigenvalue weighted by atomic mass is 16.6. The molecular formula is C13H19N3O3. The number of nitro benzene ring substituents is 1. The van der Waals surface area contributed by atoms with E-state index in [4.69, 9.17) is 5.73 Å². The van der Waals surface area contributed by atoms with Gasteiger partial charge in [0.15, 0.2) is 0 Å². The number of hydrogen-bond donors (Lipinski definition) is 2. The summed E-state index contributed by atoms with van der Waals surface area (Å²) in [5.74, 6) is -0.306. The van der Waals surface area contributed by atoms with Gasteiger partial charge in [0.1, 0.15) is 0 Å². The number of nitrogens with one attached hydrogen (secondary N) is 1. The van der Waals surface area contributed by atoms with Crippen LogP contribution in [0.3, 0.4) is 0 Å². The predicted octanol–water partition coefficient (Wildman–Crippen LogP) is 2.22. The topological polar surface area (TPSA) is 98.3 Å². The van der Waals surface area contributed by atoms with Crippen molar-refractivity contribution in [3.05, 3.63) is 33.9 Å². The van der Waals surface area contributed by atoms with Gasteiger partial charge >= 0.3 is 0 Å². The van der Waals surface area contributed by atoms with Crippen molar-refractivity contribution in [1.29, 1.82) is 0 Å². The molecule has 6 heteroatoms. The summed E-state index contributed by atoms with van der Waals surface area (Å²) in [5.41, 5.74) is 6.36. The van der Waals surface area contributed by atoms with Gasteiger partial charge < -0.3 is 11.1 Å². The van der Waals surface area contributed by atoms with Gasteiger partial charge in [0.25, 0.3) is 5.69 Å². The van der Waals surface area contributed by atoms with E-state index >= 15 is 0 Å². The zero-order chi connectivity index (χ0) is 14.4. The lowest BCUT2D eigenvalue weighted by molar-refractivity contribution is -0.385. The van der Waals surface area contributed by atoms with Crippen LogP contribution in [0.25, 0.3) is 0 Å². The molecule has 0 heterocycles. The van der Waals surface area contributed by atoms with Crippen molar-refractivity contribution in [2.45, 2.75) is 26.7 Å². The highest BCUT2D eigenvalue weighted by molar-refractivity contribution is 5.93. The van der Waals surface area contributed by atoms with Crippen molar-refractivity contribution < 1.29 is 9.72 Å². The van der Waals surface area contributed by atoms with Crippen LogP contribution in [-0.4, -0.2) is 17.4 Å². The number of hydrogen-bond acceptors (Lipinski definition) is 4. The Bertz CT molecular complexity index is 474. The number of benzene rings is 1. The van der Waals surface area contributed by atoms with Gasteiger partial charge in [-0.3, -0.25) is 14.9 Å². The van der Waals surface area contributed by atoms with E-state index in [0.29, 0.717) is 24.2 Å². The summed E-state index contributed by atoms with van der Waals surface area (Å²) in [6.07, 6.45) is 1.48. The molecule has 0 fully saturated rings. The summed E-state index contributed by atoms with van der Waals surface area (Å²) in [6, 6.07) is 4.64. The van der Waals surface area contributed by atoms with Crippen LogP contribution < -0.4 is 11.1 Å². The van der Waals surface area contributed by atoms with E-state index in [0.717, 1.165) is 6.42 Å². The van der Waals surface area contributed by atoms with Gasteiger partial charge in [-0.15, -0.1) is 0 Å². The van der Waals surface area contributed by atoms with E-state index in [-0.39, 0.29) is 17.5 Å². The Morgan fingerprint density at radius 3 is 2.79 bits per heavy atom. The molecular weight excluding hydrogens is 246 g/mol. The van der Waals surface area contributed by atoms with Gasteiger partial charge in [0.2, 0.25) is 5.91 Å². The number of anilines is 1. The van der Waals surface area contributed by atoms with E-state index in [1.165, 1.54) is 6.07 Å². The van der Waals surface area contributed by atoms with Crippen LogP contribution >= 0.6 is 0 Å². The van der Waals surface area contributed by atoms with Crippen LogP contribution in [-0.2, 0) is 4.79 Å². The van der Waals surface area contributed by atoms with Crippen molar-refractivity contribution in [3.8, 4) is 0 Å². The number of nitrogens with zero attached hydrogens (tertiary/aromatic N) is 1. The first-order chi connectivity index (χ1) is 8.97. The molecule has 104 valence electrons. The third-order valence-corrected chi connectivity index (χ3v) is 3.05. The quantitative estimate of drug-likeness (QED) is 0.608. The van der Waals surface area contributed by atoms with Gasteiger partial charge in [-0.05, 0) is 32.4 Å². The molecule has 6 nitrogen and oxygen atoms in total. The Hall–Kier alpha value is -1.95. The molecule has 0 bridgehead atoms. The third kappa shape index (κ3) is 4.03. The molecule has 0 saturated carbocycles. The molecule has 1 amide bonds. The maximum absolute atomic E-state index is 11.9. The molecule has 1 atom stereocenters. The molecule has 0 aliphatic heterocycles. The van der Waals surface area contributed by atoms with Gasteiger partial charge in [0, 0.05) is 12.0 Å². The second-order valence-electron chi connectivity index (χ2n) is 4.53. The maximum atomic E-state index is 11.9. The second kappa shape index (κ2) is 6.84. The summed E-state index contributed by atoms with van der Waals surface area (Å²) >= 11 is 0. The summed E-state index contributed by atoms with van der Waals surface area (Å²) < 4.78 is 0. The highest BCUT2D eigenvalue weighted by Crippen LogP contribution is 2.25. The van der Waals surface area contributed by atoms with Crippen molar-refractivity contribution in [2.75, 3.05) is 11.9 Å². The number of nitro groups is 1. The summed E-state index contributed by atoms with van der Waals surface area (Å²) in [5, 5.41) is 13.5. The van der Waals surface area contributed by atoms with Gasteiger partial charge in [-0.25, -0.2) is 0 Å². The fourth-order valence-electron chi connectivity index (χ4n) is 1.77. The Morgan fingerprint density at radius 2 is 2.21 bits per heavy atom. The van der Waals surface area contributed by atoms with Crippen LogP contribution in [0, 0.1) is 23.0 Å². The Balaban J connectivity index is 2.80. The summed E-state index contributed by atoms with van der Waals surface area (Å²) in [7, 11) is 0. The molecule has 3 N–H and O–H groups in total. The molecule has 1 aromatic carbocycles. The minimum atomic E-state index is -0.456. The minimum absolute atomic E-state index is 0.00686. The van der Waals surface area contributed by atoms with Crippen molar-refractivity contribution in [2.24, 2.45) is 11.7 Å². The molecule has 0 aliphatic carbocycles. The van der Waals surface area contributed by atoms with Gasteiger partial charge in [0.05, 0.1) is 16.2 Å². The predicted molar refractivity (Wildman–Crippen MR) is 73.9 cm³/mol. The number of carbonyl (C=O) groups is 1. The Labute approximate surface area is 112 Å². The first-order valence-electron chi connectivity index (χ1n) is 6.22. The first-order valence-corrected chi connectivity index (χ1v) is 6.22. The zero-order valence-electron chi connectivity index (χ0n) is 11.2. The van der Waals surface area contributed by atoms with Crippen molar-refractivity contribution >= 4 is 17.3 Å². The van der Waals surface area contributed by atoms with E-state index < -0.39 is 4.92 Å². The number of rotatable bonds is 6. The maximum Gasteiger partial charge on any atom is 0.274 e. The summed E-state index contributed by atoms with van der Waals surface area (Å²) in [4.78, 5) is 22.3. The van der Waals surface area contributed by atoms with E-state index in [9.17, 15) is 14.9 Å². The van der Waals surface area contributed by atoms with Crippen LogP contribution in [0.4, 0.5) is 11.4 Å². The monoisotopic (exact) mass is 265 g/mol. The van der Waals surface area contributed by atoms with Crippen LogP contribution in [0.1, 0.15) is 25.3 Å². The molecule has 1 unspecified atom stereocenters. The lowest BCUT2D eigenvalue weighted by Crippen LogP contribution is -2.21. The van der Waals surface area contributed by atoms with E-state index in [2.05, 4.69) is 5.32 Å². The van der Waals surface area contributed by atoms with Crippen LogP contribution in [0.5, 0.6) is 0 Å². The van der Waals surface area contributed by atoms with E-state index in [1.807, 2.05) is 6.92 Å². The average Bonchev–Trinajstić information content (AvgIpc) is 2.37. The first kappa shape index (κ1) is 15.1. The molecule has 0 spiro atoms. The van der Waals surface area contributed by atoms with E-state index in [1.54, 1.807) is 19.1 Å². The molecule has 0 radical (unpaired) electrons. The largest absolute Gasteiger partial charge is 0.330 e. The Morgan fingerprint density at radius 1 is 1.53 bits per heavy atom. The fraction of sp³-hybridized carbons (Fsp3) is 0.462. The second-order valence-corrected chi connectivity index (χ2v) is 4.53. The number of nitrogens with two attached hydrogens (primary N) is 1. The number of amides is 1. The molecule has 1 aromatic rings.